The third kappa shape index (κ3) is 1.41. The predicted molar refractivity (Wildman–Crippen MR) is 53.4 cm³/mol. The molecule has 0 saturated heterocycles. The molecule has 0 spiro atoms. The molecule has 1 heterocycles. The van der Waals surface area contributed by atoms with E-state index >= 15 is 0 Å². The highest BCUT2D eigenvalue weighted by atomic mass is 79.9. The second-order valence-electron chi connectivity index (χ2n) is 3.00. The van der Waals surface area contributed by atoms with E-state index in [4.69, 9.17) is 0 Å². The monoisotopic (exact) mass is 260 g/mol. The van der Waals surface area contributed by atoms with Crippen molar-refractivity contribution in [1.29, 1.82) is 0 Å². The molecular weight excluding hydrogens is 254 g/mol. The van der Waals surface area contributed by atoms with Crippen molar-refractivity contribution >= 4 is 26.8 Å². The number of fused-ring (bicyclic) bond motifs is 1. The van der Waals surface area contributed by atoms with E-state index in [0.29, 0.717) is 15.4 Å². The van der Waals surface area contributed by atoms with E-state index in [1.165, 1.54) is 4.68 Å². The highest BCUT2D eigenvalue weighted by Gasteiger charge is 2.16. The van der Waals surface area contributed by atoms with Gasteiger partial charge in [0.1, 0.15) is 0 Å². The molecular formula is C9H7BrF2N2. The van der Waals surface area contributed by atoms with Crippen LogP contribution in [-0.4, -0.2) is 9.78 Å². The lowest BCUT2D eigenvalue weighted by Gasteiger charge is -2.03. The Morgan fingerprint density at radius 3 is 2.79 bits per heavy atom. The fourth-order valence-corrected chi connectivity index (χ4v) is 1.95. The SMILES string of the molecule is Cn1cc2c(C(F)F)c(Br)ccc2n1. The molecule has 0 atom stereocenters. The topological polar surface area (TPSA) is 17.8 Å². The predicted octanol–water partition coefficient (Wildman–Crippen LogP) is 3.27. The van der Waals surface area contributed by atoms with Gasteiger partial charge < -0.3 is 0 Å². The fraction of sp³-hybridized carbons (Fsp3) is 0.222. The Balaban J connectivity index is 2.82. The molecule has 5 heteroatoms. The molecule has 1 aromatic carbocycles. The van der Waals surface area contributed by atoms with Crippen molar-refractivity contribution in [3.63, 3.8) is 0 Å². The van der Waals surface area contributed by atoms with Crippen LogP contribution in [-0.2, 0) is 7.05 Å². The number of hydrogen-bond acceptors (Lipinski definition) is 1. The van der Waals surface area contributed by atoms with Crippen molar-refractivity contribution in [3.8, 4) is 0 Å². The van der Waals surface area contributed by atoms with E-state index in [2.05, 4.69) is 21.0 Å². The Bertz CT molecular complexity index is 479. The molecule has 0 N–H and O–H groups in total. The summed E-state index contributed by atoms with van der Waals surface area (Å²) in [7, 11) is 1.71. The number of benzene rings is 1. The Hall–Kier alpha value is -0.970. The number of nitrogens with zero attached hydrogens (tertiary/aromatic N) is 2. The minimum atomic E-state index is -2.49. The molecule has 2 aromatic rings. The minimum absolute atomic E-state index is 0.00981. The van der Waals surface area contributed by atoms with Crippen LogP contribution in [0.25, 0.3) is 10.9 Å². The number of halogens is 3. The summed E-state index contributed by atoms with van der Waals surface area (Å²) in [5.74, 6) is 0. The third-order valence-electron chi connectivity index (χ3n) is 2.01. The van der Waals surface area contributed by atoms with E-state index in [1.54, 1.807) is 25.4 Å². The van der Waals surface area contributed by atoms with Gasteiger partial charge in [0.15, 0.2) is 0 Å². The molecule has 0 aliphatic rings. The van der Waals surface area contributed by atoms with Crippen LogP contribution >= 0.6 is 15.9 Å². The fourth-order valence-electron chi connectivity index (χ4n) is 1.43. The Morgan fingerprint density at radius 1 is 1.43 bits per heavy atom. The number of hydrogen-bond donors (Lipinski definition) is 0. The van der Waals surface area contributed by atoms with E-state index in [0.717, 1.165) is 0 Å². The second kappa shape index (κ2) is 3.31. The van der Waals surface area contributed by atoms with Crippen LogP contribution in [0, 0.1) is 0 Å². The van der Waals surface area contributed by atoms with E-state index < -0.39 is 6.43 Å². The quantitative estimate of drug-likeness (QED) is 0.770. The number of aromatic nitrogens is 2. The van der Waals surface area contributed by atoms with Gasteiger partial charge in [-0.3, -0.25) is 4.68 Å². The summed E-state index contributed by atoms with van der Waals surface area (Å²) in [5.41, 5.74) is 0.599. The first-order chi connectivity index (χ1) is 6.59. The number of alkyl halides is 2. The van der Waals surface area contributed by atoms with Gasteiger partial charge >= 0.3 is 0 Å². The largest absolute Gasteiger partial charge is 0.275 e. The van der Waals surface area contributed by atoms with Gasteiger partial charge in [0.05, 0.1) is 5.52 Å². The Kier molecular flexibility index (Phi) is 2.26. The lowest BCUT2D eigenvalue weighted by Crippen LogP contribution is -1.86. The minimum Gasteiger partial charge on any atom is -0.275 e. The first kappa shape index (κ1) is 9.58. The van der Waals surface area contributed by atoms with Crippen LogP contribution in [0.1, 0.15) is 12.0 Å². The van der Waals surface area contributed by atoms with Gasteiger partial charge in [-0.05, 0) is 12.1 Å². The van der Waals surface area contributed by atoms with Crippen molar-refractivity contribution in [2.24, 2.45) is 7.05 Å². The summed E-state index contributed by atoms with van der Waals surface area (Å²) < 4.78 is 27.4. The molecule has 0 unspecified atom stereocenters. The zero-order chi connectivity index (χ0) is 10.3. The van der Waals surface area contributed by atoms with Crippen LogP contribution in [0.4, 0.5) is 8.78 Å². The molecule has 2 nitrogen and oxygen atoms in total. The molecule has 0 bridgehead atoms. The van der Waals surface area contributed by atoms with E-state index in [-0.39, 0.29) is 5.56 Å². The molecule has 0 aliphatic heterocycles. The number of aryl methyl sites for hydroxylation is 1. The Morgan fingerprint density at radius 2 is 2.14 bits per heavy atom. The highest BCUT2D eigenvalue weighted by Crippen LogP contribution is 2.33. The van der Waals surface area contributed by atoms with Crippen molar-refractivity contribution in [2.75, 3.05) is 0 Å². The van der Waals surface area contributed by atoms with Crippen molar-refractivity contribution in [1.82, 2.24) is 9.78 Å². The molecule has 1 aromatic heterocycles. The highest BCUT2D eigenvalue weighted by molar-refractivity contribution is 9.10. The lowest BCUT2D eigenvalue weighted by atomic mass is 10.1. The van der Waals surface area contributed by atoms with Gasteiger partial charge in [-0.15, -0.1) is 0 Å². The van der Waals surface area contributed by atoms with Crippen LogP contribution in [0.3, 0.4) is 0 Å². The van der Waals surface area contributed by atoms with Gasteiger partial charge in [-0.25, -0.2) is 8.78 Å². The maximum Gasteiger partial charge on any atom is 0.265 e. The van der Waals surface area contributed by atoms with Gasteiger partial charge in [0.25, 0.3) is 6.43 Å². The molecule has 0 aliphatic carbocycles. The van der Waals surface area contributed by atoms with Crippen molar-refractivity contribution in [3.05, 3.63) is 28.4 Å². The molecule has 0 saturated carbocycles. The molecule has 0 fully saturated rings. The van der Waals surface area contributed by atoms with Crippen molar-refractivity contribution in [2.45, 2.75) is 6.43 Å². The van der Waals surface area contributed by atoms with Gasteiger partial charge in [0.2, 0.25) is 0 Å². The molecule has 74 valence electrons. The first-order valence-electron chi connectivity index (χ1n) is 3.99. The lowest BCUT2D eigenvalue weighted by molar-refractivity contribution is 0.152. The zero-order valence-electron chi connectivity index (χ0n) is 7.34. The summed E-state index contributed by atoms with van der Waals surface area (Å²) in [6.45, 7) is 0. The van der Waals surface area contributed by atoms with Gasteiger partial charge in [0, 0.05) is 28.7 Å². The van der Waals surface area contributed by atoms with E-state index in [1.807, 2.05) is 0 Å². The van der Waals surface area contributed by atoms with Crippen LogP contribution in [0.15, 0.2) is 22.8 Å². The first-order valence-corrected chi connectivity index (χ1v) is 4.79. The summed E-state index contributed by atoms with van der Waals surface area (Å²) in [5, 5.41) is 4.56. The molecule has 0 radical (unpaired) electrons. The van der Waals surface area contributed by atoms with Crippen LogP contribution in [0.2, 0.25) is 0 Å². The van der Waals surface area contributed by atoms with Crippen LogP contribution in [0.5, 0.6) is 0 Å². The third-order valence-corrected chi connectivity index (χ3v) is 2.70. The smallest absolute Gasteiger partial charge is 0.265 e. The maximum absolute atomic E-state index is 12.7. The summed E-state index contributed by atoms with van der Waals surface area (Å²) in [6, 6.07) is 3.31. The zero-order valence-corrected chi connectivity index (χ0v) is 8.92. The normalized spacial score (nSPS) is 11.5. The molecule has 2 rings (SSSR count). The van der Waals surface area contributed by atoms with Gasteiger partial charge in [-0.2, -0.15) is 5.10 Å². The summed E-state index contributed by atoms with van der Waals surface area (Å²) in [4.78, 5) is 0. The molecule has 0 amide bonds. The standard InChI is InChI=1S/C9H7BrF2N2/c1-14-4-5-7(13-14)3-2-6(10)8(5)9(11)12/h2-4,9H,1H3. The number of rotatable bonds is 1. The maximum atomic E-state index is 12.7. The average Bonchev–Trinajstić information content (AvgIpc) is 2.43. The van der Waals surface area contributed by atoms with Crippen molar-refractivity contribution < 1.29 is 8.78 Å². The Labute approximate surface area is 87.6 Å². The van der Waals surface area contributed by atoms with Crippen LogP contribution < -0.4 is 0 Å². The molecule has 14 heavy (non-hydrogen) atoms. The second-order valence-corrected chi connectivity index (χ2v) is 3.85. The summed E-state index contributed by atoms with van der Waals surface area (Å²) in [6.07, 6.45) is -0.890. The van der Waals surface area contributed by atoms with E-state index in [9.17, 15) is 8.78 Å². The van der Waals surface area contributed by atoms with Gasteiger partial charge in [-0.1, -0.05) is 15.9 Å². The summed E-state index contributed by atoms with van der Waals surface area (Å²) >= 11 is 3.11. The average molecular weight is 261 g/mol.